The number of nitrogens with two attached hydrogens (primary N) is 1. The first-order valence-electron chi connectivity index (χ1n) is 7.63. The van der Waals surface area contributed by atoms with Crippen molar-refractivity contribution >= 4 is 39.7 Å². The van der Waals surface area contributed by atoms with Crippen LogP contribution in [0.15, 0.2) is 4.90 Å². The lowest BCUT2D eigenvalue weighted by Crippen LogP contribution is -2.23. The second kappa shape index (κ2) is 7.40. The van der Waals surface area contributed by atoms with Gasteiger partial charge in [-0.3, -0.25) is 4.79 Å². The number of carbonyl (C=O) groups is 1. The largest absolute Gasteiger partial charge is 0.396 e. The van der Waals surface area contributed by atoms with E-state index in [1.54, 1.807) is 11.8 Å². The molecule has 4 N–H and O–H groups in total. The quantitative estimate of drug-likeness (QED) is 0.635. The molecule has 1 aromatic heterocycles. The van der Waals surface area contributed by atoms with E-state index in [2.05, 4.69) is 17.6 Å². The Kier molecular flexibility index (Phi) is 5.81. The Hall–Kier alpha value is -0.880. The van der Waals surface area contributed by atoms with Crippen LogP contribution in [-0.4, -0.2) is 24.7 Å². The van der Waals surface area contributed by atoms with Crippen LogP contribution in [0, 0.1) is 5.92 Å². The average molecular weight is 328 g/mol. The molecule has 1 aliphatic rings. The summed E-state index contributed by atoms with van der Waals surface area (Å²) in [6, 6.07) is 0.556. The van der Waals surface area contributed by atoms with Crippen molar-refractivity contribution in [2.24, 2.45) is 5.92 Å². The number of nitrogens with one attached hydrogen (secondary N) is 2. The number of nitrogen functional groups attached to an aromatic ring is 1. The lowest BCUT2D eigenvalue weighted by Gasteiger charge is -2.05. The maximum atomic E-state index is 12.2. The van der Waals surface area contributed by atoms with E-state index in [0.717, 1.165) is 22.2 Å². The summed E-state index contributed by atoms with van der Waals surface area (Å²) in [5.41, 5.74) is 6.79. The number of anilines is 2. The van der Waals surface area contributed by atoms with Crippen LogP contribution in [0.2, 0.25) is 0 Å². The molecule has 4 nitrogen and oxygen atoms in total. The van der Waals surface area contributed by atoms with Gasteiger partial charge in [-0.25, -0.2) is 0 Å². The maximum Gasteiger partial charge on any atom is 0.263 e. The predicted octanol–water partition coefficient (Wildman–Crippen LogP) is 3.79. The predicted molar refractivity (Wildman–Crippen MR) is 93.6 cm³/mol. The molecule has 1 aliphatic carbocycles. The third kappa shape index (κ3) is 3.86. The van der Waals surface area contributed by atoms with Gasteiger partial charge in [-0.05, 0) is 31.4 Å². The molecule has 118 valence electrons. The Morgan fingerprint density at radius 1 is 1.43 bits per heavy atom. The molecule has 2 atom stereocenters. The number of amides is 1. The molecule has 1 fully saturated rings. The maximum absolute atomic E-state index is 12.2. The average Bonchev–Trinajstić information content (AvgIpc) is 3.11. The number of carbonyl (C=O) groups excluding carboxylic acids is 1. The topological polar surface area (TPSA) is 67.2 Å². The van der Waals surface area contributed by atoms with Crippen molar-refractivity contribution in [3.05, 3.63) is 4.88 Å². The lowest BCUT2D eigenvalue weighted by molar-refractivity contribution is 0.0958. The molecule has 1 amide bonds. The number of hydrogen-bond acceptors (Lipinski definition) is 5. The van der Waals surface area contributed by atoms with Crippen molar-refractivity contribution in [2.45, 2.75) is 50.5 Å². The van der Waals surface area contributed by atoms with Gasteiger partial charge in [-0.15, -0.1) is 23.1 Å². The fourth-order valence-corrected chi connectivity index (χ4v) is 4.50. The van der Waals surface area contributed by atoms with Gasteiger partial charge in [-0.2, -0.15) is 0 Å². The monoisotopic (exact) mass is 327 g/mol. The minimum atomic E-state index is -0.0522. The molecule has 2 rings (SSSR count). The summed E-state index contributed by atoms with van der Waals surface area (Å²) in [5, 5.41) is 7.55. The molecule has 0 radical (unpaired) electrons. The van der Waals surface area contributed by atoms with Gasteiger partial charge in [0.1, 0.15) is 9.88 Å². The summed E-state index contributed by atoms with van der Waals surface area (Å²) >= 11 is 3.10. The summed E-state index contributed by atoms with van der Waals surface area (Å²) in [4.78, 5) is 13.8. The van der Waals surface area contributed by atoms with Gasteiger partial charge in [0, 0.05) is 12.6 Å². The molecule has 0 aromatic carbocycles. The molecular formula is C15H25N3OS2. The standard InChI is InChI=1S/C15H25N3OS2/c1-4-6-9-8-10(9)18-15-13(20-3)11(16)12(21-15)14(19)17-7-5-2/h9-10,18H,4-8,16H2,1-3H3,(H,17,19). The second-order valence-electron chi connectivity index (χ2n) is 5.50. The van der Waals surface area contributed by atoms with Crippen molar-refractivity contribution in [3.63, 3.8) is 0 Å². The molecule has 6 heteroatoms. The number of rotatable bonds is 8. The summed E-state index contributed by atoms with van der Waals surface area (Å²) < 4.78 is 0. The molecule has 0 saturated heterocycles. The first kappa shape index (κ1) is 16.5. The van der Waals surface area contributed by atoms with Crippen LogP contribution in [-0.2, 0) is 0 Å². The fourth-order valence-electron chi connectivity index (χ4n) is 2.50. The van der Waals surface area contributed by atoms with Gasteiger partial charge >= 0.3 is 0 Å². The molecule has 21 heavy (non-hydrogen) atoms. The Bertz CT molecular complexity index is 501. The third-order valence-corrected chi connectivity index (χ3v) is 5.84. The summed E-state index contributed by atoms with van der Waals surface area (Å²) in [5.74, 6) is 0.731. The van der Waals surface area contributed by atoms with E-state index in [9.17, 15) is 4.79 Å². The van der Waals surface area contributed by atoms with Gasteiger partial charge in [0.05, 0.1) is 10.6 Å². The Morgan fingerprint density at radius 2 is 2.19 bits per heavy atom. The highest BCUT2D eigenvalue weighted by Gasteiger charge is 2.37. The van der Waals surface area contributed by atoms with Gasteiger partial charge in [0.2, 0.25) is 0 Å². The van der Waals surface area contributed by atoms with Gasteiger partial charge in [0.25, 0.3) is 5.91 Å². The molecule has 2 unspecified atom stereocenters. The summed E-state index contributed by atoms with van der Waals surface area (Å²) in [6.07, 6.45) is 6.68. The lowest BCUT2D eigenvalue weighted by atomic mass is 10.2. The van der Waals surface area contributed by atoms with E-state index < -0.39 is 0 Å². The number of hydrogen-bond donors (Lipinski definition) is 3. The van der Waals surface area contributed by atoms with Gasteiger partial charge < -0.3 is 16.4 Å². The minimum absolute atomic E-state index is 0.0522. The normalized spacial score (nSPS) is 20.3. The Morgan fingerprint density at radius 3 is 2.81 bits per heavy atom. The third-order valence-electron chi connectivity index (χ3n) is 3.74. The second-order valence-corrected chi connectivity index (χ2v) is 7.34. The van der Waals surface area contributed by atoms with E-state index >= 15 is 0 Å². The first-order valence-corrected chi connectivity index (χ1v) is 9.67. The van der Waals surface area contributed by atoms with Crippen LogP contribution in [0.1, 0.15) is 49.2 Å². The fraction of sp³-hybridized carbons (Fsp3) is 0.667. The smallest absolute Gasteiger partial charge is 0.263 e. The van der Waals surface area contributed by atoms with Crippen LogP contribution in [0.3, 0.4) is 0 Å². The molecule has 1 heterocycles. The molecule has 1 aromatic rings. The summed E-state index contributed by atoms with van der Waals surface area (Å²) in [6.45, 7) is 4.95. The molecule has 0 bridgehead atoms. The van der Waals surface area contributed by atoms with E-state index in [-0.39, 0.29) is 5.91 Å². The minimum Gasteiger partial charge on any atom is -0.396 e. The van der Waals surface area contributed by atoms with Crippen LogP contribution < -0.4 is 16.4 Å². The molecule has 1 saturated carbocycles. The van der Waals surface area contributed by atoms with E-state index in [1.807, 2.05) is 13.2 Å². The van der Waals surface area contributed by atoms with E-state index in [0.29, 0.717) is 23.2 Å². The van der Waals surface area contributed by atoms with Gasteiger partial charge in [0.15, 0.2) is 0 Å². The molecule has 0 aliphatic heterocycles. The van der Waals surface area contributed by atoms with Crippen LogP contribution in [0.4, 0.5) is 10.7 Å². The van der Waals surface area contributed by atoms with Crippen molar-refractivity contribution in [3.8, 4) is 0 Å². The molecular weight excluding hydrogens is 302 g/mol. The highest BCUT2D eigenvalue weighted by molar-refractivity contribution is 7.99. The van der Waals surface area contributed by atoms with Crippen LogP contribution in [0.5, 0.6) is 0 Å². The Balaban J connectivity index is 2.09. The van der Waals surface area contributed by atoms with Crippen LogP contribution in [0.25, 0.3) is 0 Å². The first-order chi connectivity index (χ1) is 10.1. The number of thioether (sulfide) groups is 1. The van der Waals surface area contributed by atoms with Crippen molar-refractivity contribution in [2.75, 3.05) is 23.9 Å². The highest BCUT2D eigenvalue weighted by atomic mass is 32.2. The number of thiophene rings is 1. The summed E-state index contributed by atoms with van der Waals surface area (Å²) in [7, 11) is 0. The van der Waals surface area contributed by atoms with Crippen molar-refractivity contribution in [1.29, 1.82) is 0 Å². The zero-order chi connectivity index (χ0) is 15.4. The van der Waals surface area contributed by atoms with E-state index in [4.69, 9.17) is 5.73 Å². The zero-order valence-electron chi connectivity index (χ0n) is 13.0. The molecule has 0 spiro atoms. The van der Waals surface area contributed by atoms with E-state index in [1.165, 1.54) is 30.6 Å². The Labute approximate surface area is 135 Å². The zero-order valence-corrected chi connectivity index (χ0v) is 14.6. The van der Waals surface area contributed by atoms with Gasteiger partial charge in [-0.1, -0.05) is 20.3 Å². The van der Waals surface area contributed by atoms with Crippen molar-refractivity contribution in [1.82, 2.24) is 5.32 Å². The highest BCUT2D eigenvalue weighted by Crippen LogP contribution is 2.45. The van der Waals surface area contributed by atoms with Crippen LogP contribution >= 0.6 is 23.1 Å². The SMILES string of the molecule is CCCNC(=O)c1sc(NC2CC2CCC)c(SC)c1N. The van der Waals surface area contributed by atoms with Crippen molar-refractivity contribution < 1.29 is 4.79 Å².